The van der Waals surface area contributed by atoms with Crippen molar-refractivity contribution in [3.8, 4) is 0 Å². The Morgan fingerprint density at radius 2 is 2.19 bits per heavy atom. The minimum Gasteiger partial charge on any atom is -0.466 e. The van der Waals surface area contributed by atoms with E-state index in [2.05, 4.69) is 5.10 Å². The molecular weight excluding hydrogens is 204 g/mol. The molecule has 1 aromatic heterocycles. The molecule has 0 N–H and O–H groups in total. The molecule has 1 aromatic rings. The molecule has 0 aromatic carbocycles. The van der Waals surface area contributed by atoms with Crippen molar-refractivity contribution in [2.24, 2.45) is 0 Å². The summed E-state index contributed by atoms with van der Waals surface area (Å²) in [4.78, 5) is 11.7. The Morgan fingerprint density at radius 1 is 1.38 bits per heavy atom. The highest BCUT2D eigenvalue weighted by atomic mass is 16.5. The molecule has 0 saturated heterocycles. The topological polar surface area (TPSA) is 44.1 Å². The van der Waals surface area contributed by atoms with Gasteiger partial charge in [0.25, 0.3) is 0 Å². The van der Waals surface area contributed by atoms with Crippen LogP contribution >= 0.6 is 0 Å². The van der Waals surface area contributed by atoms with Crippen molar-refractivity contribution < 1.29 is 9.53 Å². The summed E-state index contributed by atoms with van der Waals surface area (Å²) in [6.45, 7) is 0. The number of allylic oxidation sites excluding steroid dienone is 1. The Labute approximate surface area is 94.9 Å². The third-order valence-corrected chi connectivity index (χ3v) is 2.90. The van der Waals surface area contributed by atoms with Gasteiger partial charge in [0.05, 0.1) is 18.4 Å². The van der Waals surface area contributed by atoms with Crippen molar-refractivity contribution in [3.05, 3.63) is 24.0 Å². The first kappa shape index (κ1) is 10.9. The maximum Gasteiger partial charge on any atom is 0.335 e. The lowest BCUT2D eigenvalue weighted by molar-refractivity contribution is -0.136. The Hall–Kier alpha value is -1.58. The molecule has 0 spiro atoms. The summed E-state index contributed by atoms with van der Waals surface area (Å²) in [5, 5.41) is 4.20. The molecule has 0 aliphatic heterocycles. The summed E-state index contributed by atoms with van der Waals surface area (Å²) in [7, 11) is 1.43. The number of ether oxygens (including phenoxy) is 1. The molecule has 86 valence electrons. The molecule has 1 heterocycles. The fraction of sp³-hybridized carbons (Fsp3) is 0.500. The van der Waals surface area contributed by atoms with Gasteiger partial charge in [-0.1, -0.05) is 6.42 Å². The van der Waals surface area contributed by atoms with Gasteiger partial charge in [-0.25, -0.2) is 9.48 Å². The predicted octanol–water partition coefficient (Wildman–Crippen LogP) is 2.23. The summed E-state index contributed by atoms with van der Waals surface area (Å²) >= 11 is 0. The van der Waals surface area contributed by atoms with Crippen LogP contribution in [0.25, 0.3) is 5.70 Å². The van der Waals surface area contributed by atoms with E-state index >= 15 is 0 Å². The minimum atomic E-state index is -0.215. The molecule has 1 aliphatic rings. The summed E-state index contributed by atoms with van der Waals surface area (Å²) in [6.07, 6.45) is 8.61. The van der Waals surface area contributed by atoms with Crippen LogP contribution in [0, 0.1) is 0 Å². The van der Waals surface area contributed by atoms with E-state index in [0.717, 1.165) is 43.4 Å². The first-order valence-corrected chi connectivity index (χ1v) is 5.63. The Morgan fingerprint density at radius 3 is 2.88 bits per heavy atom. The average Bonchev–Trinajstić information content (AvgIpc) is 2.72. The van der Waals surface area contributed by atoms with Gasteiger partial charge < -0.3 is 4.74 Å². The van der Waals surface area contributed by atoms with Crippen LogP contribution in [0.2, 0.25) is 0 Å². The van der Waals surface area contributed by atoms with Crippen LogP contribution in [0.3, 0.4) is 0 Å². The molecule has 4 nitrogen and oxygen atoms in total. The van der Waals surface area contributed by atoms with Crippen molar-refractivity contribution in [3.63, 3.8) is 0 Å². The molecule has 0 saturated carbocycles. The van der Waals surface area contributed by atoms with Gasteiger partial charge in [-0.05, 0) is 31.7 Å². The van der Waals surface area contributed by atoms with Gasteiger partial charge in [0.1, 0.15) is 0 Å². The highest BCUT2D eigenvalue weighted by molar-refractivity contribution is 5.94. The zero-order chi connectivity index (χ0) is 11.4. The minimum absolute atomic E-state index is 0.215. The first-order chi connectivity index (χ1) is 7.83. The zero-order valence-corrected chi connectivity index (χ0v) is 9.48. The van der Waals surface area contributed by atoms with Crippen LogP contribution < -0.4 is 0 Å². The Bertz CT molecular complexity index is 393. The van der Waals surface area contributed by atoms with E-state index in [-0.39, 0.29) is 5.97 Å². The van der Waals surface area contributed by atoms with E-state index < -0.39 is 0 Å². The van der Waals surface area contributed by atoms with Crippen LogP contribution in [0.1, 0.15) is 32.1 Å². The zero-order valence-electron chi connectivity index (χ0n) is 9.48. The van der Waals surface area contributed by atoms with Crippen molar-refractivity contribution in [2.45, 2.75) is 32.1 Å². The fourth-order valence-corrected chi connectivity index (χ4v) is 2.09. The number of aromatic nitrogens is 2. The fourth-order valence-electron chi connectivity index (χ4n) is 2.09. The van der Waals surface area contributed by atoms with Gasteiger partial charge in [-0.2, -0.15) is 5.10 Å². The molecule has 0 atom stereocenters. The van der Waals surface area contributed by atoms with Crippen molar-refractivity contribution in [1.82, 2.24) is 9.78 Å². The van der Waals surface area contributed by atoms with E-state index in [0.29, 0.717) is 0 Å². The molecule has 0 amide bonds. The third-order valence-electron chi connectivity index (χ3n) is 2.90. The van der Waals surface area contributed by atoms with Gasteiger partial charge in [0, 0.05) is 12.4 Å². The Kier molecular flexibility index (Phi) is 3.39. The molecule has 0 radical (unpaired) electrons. The number of nitrogens with zero attached hydrogens (tertiary/aromatic N) is 2. The van der Waals surface area contributed by atoms with Gasteiger partial charge in [0.15, 0.2) is 0 Å². The van der Waals surface area contributed by atoms with Crippen molar-refractivity contribution in [1.29, 1.82) is 0 Å². The molecule has 2 rings (SSSR count). The highest BCUT2D eigenvalue weighted by Gasteiger charge is 2.19. The number of rotatable bonds is 2. The second kappa shape index (κ2) is 4.96. The second-order valence-electron chi connectivity index (χ2n) is 3.93. The highest BCUT2D eigenvalue weighted by Crippen LogP contribution is 2.27. The number of carbonyl (C=O) groups is 1. The average molecular weight is 220 g/mol. The quantitative estimate of drug-likeness (QED) is 0.718. The predicted molar refractivity (Wildman–Crippen MR) is 60.5 cm³/mol. The molecule has 0 fully saturated rings. The molecule has 1 aliphatic carbocycles. The van der Waals surface area contributed by atoms with Gasteiger partial charge in [0.2, 0.25) is 0 Å². The van der Waals surface area contributed by atoms with E-state index in [1.54, 1.807) is 10.9 Å². The Balaban J connectivity index is 2.39. The van der Waals surface area contributed by atoms with E-state index in [1.165, 1.54) is 7.11 Å². The van der Waals surface area contributed by atoms with E-state index in [1.807, 2.05) is 12.3 Å². The lowest BCUT2D eigenvalue weighted by atomic mass is 10.1. The normalized spacial score (nSPS) is 17.1. The van der Waals surface area contributed by atoms with Crippen LogP contribution in [-0.2, 0) is 9.53 Å². The number of methoxy groups -OCH3 is 1. The van der Waals surface area contributed by atoms with Crippen LogP contribution in [0.4, 0.5) is 0 Å². The van der Waals surface area contributed by atoms with E-state index in [4.69, 9.17) is 4.74 Å². The summed E-state index contributed by atoms with van der Waals surface area (Å²) in [5.74, 6) is -0.215. The second-order valence-corrected chi connectivity index (χ2v) is 3.93. The van der Waals surface area contributed by atoms with E-state index in [9.17, 15) is 4.79 Å². The lowest BCUT2D eigenvalue weighted by Gasteiger charge is -2.10. The van der Waals surface area contributed by atoms with Crippen LogP contribution in [0.15, 0.2) is 24.0 Å². The first-order valence-electron chi connectivity index (χ1n) is 5.63. The molecular formula is C12H16N2O2. The molecule has 16 heavy (non-hydrogen) atoms. The monoisotopic (exact) mass is 220 g/mol. The number of carbonyl (C=O) groups excluding carboxylic acids is 1. The summed E-state index contributed by atoms with van der Waals surface area (Å²) < 4.78 is 6.62. The molecule has 4 heteroatoms. The number of hydrogen-bond acceptors (Lipinski definition) is 3. The van der Waals surface area contributed by atoms with Gasteiger partial charge in [-0.15, -0.1) is 0 Å². The van der Waals surface area contributed by atoms with Gasteiger partial charge >= 0.3 is 5.97 Å². The standard InChI is InChI=1S/C12H16N2O2/c1-16-12(15)10-6-3-2-4-7-11(10)14-9-5-8-13-14/h5,8-9H,2-4,6-7H2,1H3. The van der Waals surface area contributed by atoms with Gasteiger partial charge in [-0.3, -0.25) is 0 Å². The van der Waals surface area contributed by atoms with Crippen LogP contribution in [0.5, 0.6) is 0 Å². The summed E-state index contributed by atoms with van der Waals surface area (Å²) in [6, 6.07) is 1.87. The number of esters is 1. The van der Waals surface area contributed by atoms with Crippen molar-refractivity contribution in [2.75, 3.05) is 7.11 Å². The largest absolute Gasteiger partial charge is 0.466 e. The molecule has 0 unspecified atom stereocenters. The van der Waals surface area contributed by atoms with Crippen LogP contribution in [-0.4, -0.2) is 22.9 Å². The summed E-state index contributed by atoms with van der Waals surface area (Å²) in [5.41, 5.74) is 1.78. The maximum atomic E-state index is 11.7. The molecule has 0 bridgehead atoms. The van der Waals surface area contributed by atoms with Crippen molar-refractivity contribution >= 4 is 11.7 Å². The smallest absolute Gasteiger partial charge is 0.335 e. The number of hydrogen-bond donors (Lipinski definition) is 0. The third kappa shape index (κ3) is 2.15. The maximum absolute atomic E-state index is 11.7. The lowest BCUT2D eigenvalue weighted by Crippen LogP contribution is -2.10. The SMILES string of the molecule is COC(=O)C1=C(n2cccn2)CCCCC1.